The summed E-state index contributed by atoms with van der Waals surface area (Å²) in [6, 6.07) is 1.80. The molecule has 0 heterocycles. The van der Waals surface area contributed by atoms with Crippen molar-refractivity contribution < 1.29 is 19.7 Å². The molecule has 0 unspecified atom stereocenters. The first-order chi connectivity index (χ1) is 7.47. The van der Waals surface area contributed by atoms with Crippen molar-refractivity contribution in [1.29, 1.82) is 0 Å². The van der Waals surface area contributed by atoms with Crippen LogP contribution in [-0.2, 0) is 11.2 Å². The Hall–Kier alpha value is -1.23. The minimum absolute atomic E-state index is 0.00984. The molecule has 0 atom stereocenters. The predicted molar refractivity (Wildman–Crippen MR) is 63.1 cm³/mol. The van der Waals surface area contributed by atoms with Gasteiger partial charge in [0.25, 0.3) is 0 Å². The second-order valence-corrected chi connectivity index (χ2v) is 4.28. The van der Waals surface area contributed by atoms with Crippen LogP contribution in [0.4, 0.5) is 0 Å². The van der Waals surface area contributed by atoms with Crippen LogP contribution in [0.5, 0.6) is 11.5 Å². The number of aryl methyl sites for hydroxylation is 1. The lowest BCUT2D eigenvalue weighted by atomic mass is 10.0. The molecule has 1 rings (SSSR count). The quantitative estimate of drug-likeness (QED) is 0.893. The molecule has 88 valence electrons. The fourth-order valence-electron chi connectivity index (χ4n) is 1.52. The van der Waals surface area contributed by atoms with E-state index in [4.69, 9.17) is 9.84 Å². The maximum absolute atomic E-state index is 10.5. The molecule has 0 saturated carbocycles. The summed E-state index contributed by atoms with van der Waals surface area (Å²) in [5.74, 6) is -0.540. The number of halogens is 1. The lowest BCUT2D eigenvalue weighted by molar-refractivity contribution is -0.136. The smallest absolute Gasteiger partial charge is 0.303 e. The molecule has 0 fully saturated rings. The second-order valence-electron chi connectivity index (χ2n) is 3.43. The molecule has 0 radical (unpaired) electrons. The Kier molecular flexibility index (Phi) is 4.18. The Morgan fingerprint density at radius 2 is 2.19 bits per heavy atom. The second kappa shape index (κ2) is 5.21. The van der Waals surface area contributed by atoms with Crippen LogP contribution >= 0.6 is 15.9 Å². The van der Waals surface area contributed by atoms with E-state index < -0.39 is 5.97 Å². The number of ether oxygens (including phenoxy) is 1. The summed E-state index contributed by atoms with van der Waals surface area (Å²) in [5.41, 5.74) is 1.45. The first-order valence-electron chi connectivity index (χ1n) is 4.74. The Balaban J connectivity index is 3.12. The van der Waals surface area contributed by atoms with Gasteiger partial charge in [-0.05, 0) is 40.9 Å². The molecule has 0 aromatic heterocycles. The van der Waals surface area contributed by atoms with Crippen molar-refractivity contribution in [3.63, 3.8) is 0 Å². The molecule has 2 N–H and O–H groups in total. The average molecular weight is 289 g/mol. The number of hydrogen-bond donors (Lipinski definition) is 2. The van der Waals surface area contributed by atoms with E-state index in [1.54, 1.807) is 6.07 Å². The van der Waals surface area contributed by atoms with E-state index in [-0.39, 0.29) is 18.6 Å². The van der Waals surface area contributed by atoms with Crippen LogP contribution in [0.2, 0.25) is 0 Å². The average Bonchev–Trinajstić information content (AvgIpc) is 2.16. The third-order valence-corrected chi connectivity index (χ3v) is 2.92. The molecule has 1 aromatic rings. The van der Waals surface area contributed by atoms with E-state index in [0.717, 1.165) is 5.56 Å². The topological polar surface area (TPSA) is 66.8 Å². The van der Waals surface area contributed by atoms with Crippen molar-refractivity contribution in [2.75, 3.05) is 7.11 Å². The number of rotatable bonds is 4. The largest absolute Gasteiger partial charge is 0.504 e. The van der Waals surface area contributed by atoms with E-state index in [1.807, 2.05) is 6.92 Å². The number of aromatic hydroxyl groups is 1. The number of carbonyl (C=O) groups is 1. The van der Waals surface area contributed by atoms with Gasteiger partial charge in [-0.2, -0.15) is 0 Å². The maximum atomic E-state index is 10.5. The van der Waals surface area contributed by atoms with E-state index in [0.29, 0.717) is 15.8 Å². The number of methoxy groups -OCH3 is 1. The van der Waals surface area contributed by atoms with Crippen molar-refractivity contribution in [2.24, 2.45) is 0 Å². The number of benzene rings is 1. The molecule has 4 nitrogen and oxygen atoms in total. The number of carboxylic acids is 1. The van der Waals surface area contributed by atoms with Crippen LogP contribution in [0, 0.1) is 6.92 Å². The SMILES string of the molecule is COc1c(Br)cc(C)c(CCC(=O)O)c1O. The fraction of sp³-hybridized carbons (Fsp3) is 0.364. The summed E-state index contributed by atoms with van der Waals surface area (Å²) in [7, 11) is 1.45. The zero-order chi connectivity index (χ0) is 12.3. The summed E-state index contributed by atoms with van der Waals surface area (Å²) in [6.07, 6.45) is 0.274. The van der Waals surface area contributed by atoms with Gasteiger partial charge in [0, 0.05) is 12.0 Å². The van der Waals surface area contributed by atoms with Gasteiger partial charge in [-0.25, -0.2) is 0 Å². The van der Waals surface area contributed by atoms with Crippen LogP contribution in [0.15, 0.2) is 10.5 Å². The highest BCUT2D eigenvalue weighted by atomic mass is 79.9. The molecule has 0 aliphatic heterocycles. The van der Waals surface area contributed by atoms with Gasteiger partial charge in [0.1, 0.15) is 0 Å². The van der Waals surface area contributed by atoms with Gasteiger partial charge in [-0.3, -0.25) is 4.79 Å². The van der Waals surface area contributed by atoms with Crippen LogP contribution < -0.4 is 4.74 Å². The molecular weight excluding hydrogens is 276 g/mol. The Morgan fingerprint density at radius 1 is 1.56 bits per heavy atom. The Bertz CT molecular complexity index is 415. The third-order valence-electron chi connectivity index (χ3n) is 2.33. The van der Waals surface area contributed by atoms with Gasteiger partial charge in [-0.1, -0.05) is 0 Å². The van der Waals surface area contributed by atoms with Gasteiger partial charge < -0.3 is 14.9 Å². The van der Waals surface area contributed by atoms with Crippen molar-refractivity contribution in [3.8, 4) is 11.5 Å². The summed E-state index contributed by atoms with van der Waals surface area (Å²) >= 11 is 3.27. The highest BCUT2D eigenvalue weighted by molar-refractivity contribution is 9.10. The molecule has 0 spiro atoms. The molecule has 1 aromatic carbocycles. The minimum atomic E-state index is -0.888. The van der Waals surface area contributed by atoms with Gasteiger partial charge in [-0.15, -0.1) is 0 Å². The van der Waals surface area contributed by atoms with Crippen LogP contribution in [-0.4, -0.2) is 23.3 Å². The Morgan fingerprint density at radius 3 is 2.69 bits per heavy atom. The number of aliphatic carboxylic acids is 1. The molecule has 0 amide bonds. The predicted octanol–water partition coefficient (Wildman–Crippen LogP) is 2.49. The van der Waals surface area contributed by atoms with Gasteiger partial charge in [0.2, 0.25) is 0 Å². The summed E-state index contributed by atoms with van der Waals surface area (Å²) in [6.45, 7) is 1.82. The minimum Gasteiger partial charge on any atom is -0.504 e. The lowest BCUT2D eigenvalue weighted by Gasteiger charge is -2.13. The molecular formula is C11H13BrO4. The molecule has 0 bridgehead atoms. The summed E-state index contributed by atoms with van der Waals surface area (Å²) in [4.78, 5) is 10.5. The molecule has 5 heteroatoms. The maximum Gasteiger partial charge on any atom is 0.303 e. The molecule has 0 aliphatic rings. The zero-order valence-corrected chi connectivity index (χ0v) is 10.7. The van der Waals surface area contributed by atoms with Crippen molar-refractivity contribution in [2.45, 2.75) is 19.8 Å². The number of hydrogen-bond acceptors (Lipinski definition) is 3. The van der Waals surface area contributed by atoms with Crippen molar-refractivity contribution >= 4 is 21.9 Å². The summed E-state index contributed by atoms with van der Waals surface area (Å²) in [5, 5.41) is 18.5. The van der Waals surface area contributed by atoms with Gasteiger partial charge in [0.05, 0.1) is 11.6 Å². The van der Waals surface area contributed by atoms with Crippen molar-refractivity contribution in [3.05, 3.63) is 21.7 Å². The van der Waals surface area contributed by atoms with E-state index in [9.17, 15) is 9.90 Å². The van der Waals surface area contributed by atoms with Crippen molar-refractivity contribution in [1.82, 2.24) is 0 Å². The zero-order valence-electron chi connectivity index (χ0n) is 9.08. The first kappa shape index (κ1) is 12.8. The fourth-order valence-corrected chi connectivity index (χ4v) is 2.21. The van der Waals surface area contributed by atoms with Crippen LogP contribution in [0.1, 0.15) is 17.5 Å². The molecule has 0 aliphatic carbocycles. The Labute approximate surface area is 102 Å². The van der Waals surface area contributed by atoms with Gasteiger partial charge in [0.15, 0.2) is 11.5 Å². The standard InChI is InChI=1S/C11H13BrO4/c1-6-5-8(12)11(16-2)10(15)7(6)3-4-9(13)14/h5,15H,3-4H2,1-2H3,(H,13,14). The van der Waals surface area contributed by atoms with Crippen LogP contribution in [0.3, 0.4) is 0 Å². The monoisotopic (exact) mass is 288 g/mol. The van der Waals surface area contributed by atoms with Crippen LogP contribution in [0.25, 0.3) is 0 Å². The summed E-state index contributed by atoms with van der Waals surface area (Å²) < 4.78 is 5.69. The van der Waals surface area contributed by atoms with Gasteiger partial charge >= 0.3 is 5.97 Å². The third kappa shape index (κ3) is 2.66. The van der Waals surface area contributed by atoms with E-state index >= 15 is 0 Å². The molecule has 16 heavy (non-hydrogen) atoms. The van der Waals surface area contributed by atoms with E-state index in [1.165, 1.54) is 7.11 Å². The first-order valence-corrected chi connectivity index (χ1v) is 5.53. The highest BCUT2D eigenvalue weighted by Gasteiger charge is 2.15. The molecule has 0 saturated heterocycles. The highest BCUT2D eigenvalue weighted by Crippen LogP contribution is 2.39. The number of carboxylic acid groups (broad SMARTS) is 1. The lowest BCUT2D eigenvalue weighted by Crippen LogP contribution is -2.00. The number of phenolic OH excluding ortho intramolecular Hbond substituents is 1. The van der Waals surface area contributed by atoms with E-state index in [2.05, 4.69) is 15.9 Å². The normalized spacial score (nSPS) is 10.2. The number of phenols is 1.